The third-order valence-electron chi connectivity index (χ3n) is 3.66. The summed E-state index contributed by atoms with van der Waals surface area (Å²) >= 11 is 6.05. The predicted molar refractivity (Wildman–Crippen MR) is 86.1 cm³/mol. The second-order valence-corrected chi connectivity index (χ2v) is 7.59. The quantitative estimate of drug-likeness (QED) is 0.793. The third-order valence-corrected chi connectivity index (χ3v) is 5.79. The van der Waals surface area contributed by atoms with E-state index in [1.54, 1.807) is 48.5 Å². The number of Topliss-reactive ketones (excluding diaryl/α,β-unsaturated/α-hetero) is 1. The van der Waals surface area contributed by atoms with Gasteiger partial charge in [-0.3, -0.25) is 9.10 Å². The first-order valence-electron chi connectivity index (χ1n) is 6.78. The summed E-state index contributed by atoms with van der Waals surface area (Å²) in [6, 6.07) is 13.2. The molecule has 1 aliphatic rings. The van der Waals surface area contributed by atoms with E-state index < -0.39 is 15.4 Å². The molecule has 0 fully saturated rings. The van der Waals surface area contributed by atoms with Gasteiger partial charge in [-0.25, -0.2) is 8.42 Å². The van der Waals surface area contributed by atoms with Crippen LogP contribution in [0.2, 0.25) is 0 Å². The summed E-state index contributed by atoms with van der Waals surface area (Å²) < 4.78 is 27.0. The summed E-state index contributed by atoms with van der Waals surface area (Å²) in [6.45, 7) is 1.83. The van der Waals surface area contributed by atoms with E-state index in [2.05, 4.69) is 0 Å². The second-order valence-electron chi connectivity index (χ2n) is 5.20. The fraction of sp³-hybridized carbons (Fsp3) is 0.188. The van der Waals surface area contributed by atoms with Gasteiger partial charge in [0.2, 0.25) is 0 Å². The molecule has 1 aliphatic heterocycles. The zero-order chi connectivity index (χ0) is 15.9. The lowest BCUT2D eigenvalue weighted by molar-refractivity contribution is 0.0986. The van der Waals surface area contributed by atoms with Crippen molar-refractivity contribution in [3.8, 4) is 0 Å². The van der Waals surface area contributed by atoms with Crippen LogP contribution in [-0.4, -0.2) is 26.1 Å². The van der Waals surface area contributed by atoms with E-state index in [1.165, 1.54) is 4.31 Å². The van der Waals surface area contributed by atoms with E-state index >= 15 is 0 Å². The molecule has 4 nitrogen and oxygen atoms in total. The van der Waals surface area contributed by atoms with Gasteiger partial charge < -0.3 is 0 Å². The van der Waals surface area contributed by atoms with Crippen molar-refractivity contribution in [3.05, 3.63) is 59.7 Å². The number of anilines is 1. The number of carbonyl (C=O) groups excluding carboxylic acids is 1. The van der Waals surface area contributed by atoms with Gasteiger partial charge in [-0.15, -0.1) is 11.6 Å². The van der Waals surface area contributed by atoms with Crippen LogP contribution in [0.25, 0.3) is 0 Å². The minimum Gasteiger partial charge on any atom is -0.292 e. The number of carbonyl (C=O) groups is 1. The summed E-state index contributed by atoms with van der Waals surface area (Å²) in [4.78, 5) is 12.3. The molecule has 0 aliphatic carbocycles. The molecular weight excluding hydrogens is 322 g/mol. The van der Waals surface area contributed by atoms with Gasteiger partial charge in [0.05, 0.1) is 17.1 Å². The molecule has 0 bridgehead atoms. The Bertz CT molecular complexity index is 831. The summed E-state index contributed by atoms with van der Waals surface area (Å²) in [6.07, 6.45) is 0. The van der Waals surface area contributed by atoms with Gasteiger partial charge in [-0.05, 0) is 31.2 Å². The number of nitrogens with zero attached hydrogens (tertiary/aromatic N) is 1. The van der Waals surface area contributed by atoms with Crippen molar-refractivity contribution in [1.29, 1.82) is 0 Å². The Balaban J connectivity index is 2.13. The van der Waals surface area contributed by atoms with Crippen LogP contribution in [0.15, 0.2) is 53.4 Å². The summed E-state index contributed by atoms with van der Waals surface area (Å²) in [5.74, 6) is -0.243. The lowest BCUT2D eigenvalue weighted by atomic mass is 10.0. The van der Waals surface area contributed by atoms with Crippen LogP contribution in [0.5, 0.6) is 0 Å². The van der Waals surface area contributed by atoms with Crippen molar-refractivity contribution in [2.24, 2.45) is 0 Å². The highest BCUT2D eigenvalue weighted by molar-refractivity contribution is 7.92. The highest BCUT2D eigenvalue weighted by Crippen LogP contribution is 2.33. The second kappa shape index (κ2) is 5.41. The average molecular weight is 336 g/mol. The van der Waals surface area contributed by atoms with Crippen molar-refractivity contribution in [1.82, 2.24) is 0 Å². The van der Waals surface area contributed by atoms with E-state index in [4.69, 9.17) is 11.6 Å². The highest BCUT2D eigenvalue weighted by atomic mass is 35.5. The Morgan fingerprint density at radius 2 is 1.73 bits per heavy atom. The number of fused-ring (bicyclic) bond motifs is 1. The number of ketones is 1. The minimum absolute atomic E-state index is 0.0619. The number of alkyl halides is 1. The van der Waals surface area contributed by atoms with Crippen LogP contribution in [0.4, 0.5) is 5.69 Å². The predicted octanol–water partition coefficient (Wildman–Crippen LogP) is 2.99. The molecule has 3 rings (SSSR count). The van der Waals surface area contributed by atoms with Gasteiger partial charge in [-0.2, -0.15) is 0 Å². The lowest BCUT2D eigenvalue weighted by Gasteiger charge is -2.32. The van der Waals surface area contributed by atoms with Crippen molar-refractivity contribution >= 4 is 33.1 Å². The molecule has 0 N–H and O–H groups in total. The van der Waals surface area contributed by atoms with Crippen LogP contribution in [0.1, 0.15) is 15.9 Å². The first-order valence-corrected chi connectivity index (χ1v) is 8.65. The van der Waals surface area contributed by atoms with E-state index in [-0.39, 0.29) is 17.2 Å². The van der Waals surface area contributed by atoms with Gasteiger partial charge in [0.15, 0.2) is 5.78 Å². The van der Waals surface area contributed by atoms with E-state index in [0.717, 1.165) is 5.56 Å². The number of benzene rings is 2. The lowest BCUT2D eigenvalue weighted by Crippen LogP contribution is -2.43. The Morgan fingerprint density at radius 1 is 1.09 bits per heavy atom. The molecule has 6 heteroatoms. The first kappa shape index (κ1) is 15.1. The molecule has 22 heavy (non-hydrogen) atoms. The smallest absolute Gasteiger partial charge is 0.264 e. The van der Waals surface area contributed by atoms with Crippen molar-refractivity contribution in [2.75, 3.05) is 10.8 Å². The fourth-order valence-electron chi connectivity index (χ4n) is 2.46. The SMILES string of the molecule is Cc1ccc(S(=O)(=O)N2CC(Cl)C(=O)c3ccccc32)cc1. The average Bonchev–Trinajstić information content (AvgIpc) is 2.51. The summed E-state index contributed by atoms with van der Waals surface area (Å²) in [5.41, 5.74) is 1.69. The zero-order valence-electron chi connectivity index (χ0n) is 11.9. The molecule has 1 unspecified atom stereocenters. The molecule has 0 aromatic heterocycles. The third kappa shape index (κ3) is 2.40. The number of para-hydroxylation sites is 1. The van der Waals surface area contributed by atoms with Crippen LogP contribution in [0.3, 0.4) is 0 Å². The molecule has 0 spiro atoms. The maximum atomic E-state index is 12.9. The number of hydrogen-bond donors (Lipinski definition) is 0. The zero-order valence-corrected chi connectivity index (χ0v) is 13.4. The molecular formula is C16H14ClNO3S. The minimum atomic E-state index is -3.75. The molecule has 1 atom stereocenters. The molecule has 114 valence electrons. The standard InChI is InChI=1S/C16H14ClNO3S/c1-11-6-8-12(9-7-11)22(20,21)18-10-14(17)16(19)13-4-2-3-5-15(13)18/h2-9,14H,10H2,1H3. The van der Waals surface area contributed by atoms with Crippen molar-refractivity contribution in [2.45, 2.75) is 17.2 Å². The molecule has 2 aromatic carbocycles. The summed E-state index contributed by atoms with van der Waals surface area (Å²) in [5, 5.41) is -0.880. The molecule has 2 aromatic rings. The van der Waals surface area contributed by atoms with E-state index in [9.17, 15) is 13.2 Å². The largest absolute Gasteiger partial charge is 0.292 e. The molecule has 1 heterocycles. The van der Waals surface area contributed by atoms with Gasteiger partial charge in [0.1, 0.15) is 5.38 Å². The van der Waals surface area contributed by atoms with Crippen LogP contribution in [-0.2, 0) is 10.0 Å². The Labute approximate surface area is 134 Å². The van der Waals surface area contributed by atoms with E-state index in [1.807, 2.05) is 6.92 Å². The molecule has 0 amide bonds. The molecule has 0 radical (unpaired) electrons. The van der Waals surface area contributed by atoms with Gasteiger partial charge in [0, 0.05) is 5.56 Å². The number of hydrogen-bond acceptors (Lipinski definition) is 3. The maximum Gasteiger partial charge on any atom is 0.264 e. The number of sulfonamides is 1. The maximum absolute atomic E-state index is 12.9. The number of aryl methyl sites for hydroxylation is 1. The fourth-order valence-corrected chi connectivity index (χ4v) is 4.30. The van der Waals surface area contributed by atoms with Crippen LogP contribution < -0.4 is 4.31 Å². The Hall–Kier alpha value is -1.85. The molecule has 0 saturated carbocycles. The summed E-state index contributed by atoms with van der Waals surface area (Å²) in [7, 11) is -3.75. The Morgan fingerprint density at radius 3 is 2.41 bits per heavy atom. The first-order chi connectivity index (χ1) is 10.4. The van der Waals surface area contributed by atoms with Crippen molar-refractivity contribution in [3.63, 3.8) is 0 Å². The number of halogens is 1. The highest BCUT2D eigenvalue weighted by Gasteiger charge is 2.36. The van der Waals surface area contributed by atoms with E-state index in [0.29, 0.717) is 11.3 Å². The normalized spacial score (nSPS) is 18.2. The van der Waals surface area contributed by atoms with Gasteiger partial charge in [0.25, 0.3) is 10.0 Å². The molecule has 0 saturated heterocycles. The topological polar surface area (TPSA) is 54.5 Å². The van der Waals surface area contributed by atoms with Crippen LogP contribution >= 0.6 is 11.6 Å². The Kier molecular flexibility index (Phi) is 3.70. The van der Waals surface area contributed by atoms with Gasteiger partial charge in [-0.1, -0.05) is 29.8 Å². The van der Waals surface area contributed by atoms with Gasteiger partial charge >= 0.3 is 0 Å². The van der Waals surface area contributed by atoms with Crippen LogP contribution in [0, 0.1) is 6.92 Å². The monoisotopic (exact) mass is 335 g/mol. The number of rotatable bonds is 2. The van der Waals surface area contributed by atoms with Crippen molar-refractivity contribution < 1.29 is 13.2 Å².